The van der Waals surface area contributed by atoms with E-state index >= 15 is 0 Å². The molecule has 8 nitrogen and oxygen atoms in total. The van der Waals surface area contributed by atoms with Gasteiger partial charge < -0.3 is 16.0 Å². The molecule has 0 spiro atoms. The molecule has 2 saturated carbocycles. The third-order valence-electron chi connectivity index (χ3n) is 7.67. The number of benzene rings is 1. The number of carbonyl (C=O) groups excluding carboxylic acids is 3. The molecule has 8 heteroatoms. The van der Waals surface area contributed by atoms with E-state index in [4.69, 9.17) is 5.73 Å². The lowest BCUT2D eigenvalue weighted by Crippen LogP contribution is -2.52. The van der Waals surface area contributed by atoms with Gasteiger partial charge in [-0.2, -0.15) is 5.10 Å². The number of nitrogens with two attached hydrogens (primary N) is 1. The lowest BCUT2D eigenvalue weighted by Gasteiger charge is -2.36. The zero-order valence-corrected chi connectivity index (χ0v) is 19.6. The van der Waals surface area contributed by atoms with Crippen molar-refractivity contribution in [1.29, 1.82) is 0 Å². The average molecular weight is 452 g/mol. The number of rotatable bonds is 5. The van der Waals surface area contributed by atoms with E-state index < -0.39 is 11.9 Å². The van der Waals surface area contributed by atoms with Crippen LogP contribution in [0.4, 0.5) is 0 Å². The first-order valence-electron chi connectivity index (χ1n) is 12.0. The van der Waals surface area contributed by atoms with Crippen molar-refractivity contribution in [3.63, 3.8) is 0 Å². The van der Waals surface area contributed by atoms with E-state index in [1.54, 1.807) is 9.58 Å². The highest BCUT2D eigenvalue weighted by atomic mass is 16.2. The zero-order chi connectivity index (χ0) is 23.5. The number of nitrogens with zero attached hydrogens (tertiary/aromatic N) is 3. The molecule has 176 valence electrons. The van der Waals surface area contributed by atoms with Gasteiger partial charge in [0.25, 0.3) is 5.91 Å². The summed E-state index contributed by atoms with van der Waals surface area (Å²) >= 11 is 0. The maximum Gasteiger partial charge on any atom is 0.269 e. The van der Waals surface area contributed by atoms with Crippen LogP contribution in [-0.4, -0.2) is 50.5 Å². The van der Waals surface area contributed by atoms with E-state index in [0.717, 1.165) is 37.7 Å². The predicted molar refractivity (Wildman–Crippen MR) is 124 cm³/mol. The third kappa shape index (κ3) is 4.11. The first-order chi connectivity index (χ1) is 15.6. The fourth-order valence-corrected chi connectivity index (χ4v) is 5.96. The van der Waals surface area contributed by atoms with Gasteiger partial charge >= 0.3 is 0 Å². The molecule has 2 aliphatic carbocycles. The Morgan fingerprint density at radius 3 is 2.76 bits per heavy atom. The smallest absolute Gasteiger partial charge is 0.269 e. The van der Waals surface area contributed by atoms with Crippen molar-refractivity contribution >= 4 is 28.6 Å². The number of aryl methyl sites for hydroxylation is 1. The number of piperidine rings is 1. The fourth-order valence-electron chi connectivity index (χ4n) is 5.96. The quantitative estimate of drug-likeness (QED) is 0.728. The average Bonchev–Trinajstić information content (AvgIpc) is 3.24. The molecule has 1 aliphatic heterocycles. The Kier molecular flexibility index (Phi) is 5.21. The molecule has 0 bridgehead atoms. The second kappa shape index (κ2) is 7.85. The van der Waals surface area contributed by atoms with E-state index in [-0.39, 0.29) is 41.6 Å². The largest absolute Gasteiger partial charge is 0.364 e. The Bertz CT molecular complexity index is 1140. The lowest BCUT2D eigenvalue weighted by molar-refractivity contribution is -0.140. The number of likely N-dealkylation sites (tertiary alicyclic amines) is 1. The van der Waals surface area contributed by atoms with Crippen molar-refractivity contribution in [2.45, 2.75) is 84.0 Å². The molecule has 3 aliphatic rings. The molecule has 5 rings (SSSR count). The molecule has 1 unspecified atom stereocenters. The minimum Gasteiger partial charge on any atom is -0.364 e. The predicted octanol–water partition coefficient (Wildman–Crippen LogP) is 2.52. The molecule has 1 aromatic heterocycles. The monoisotopic (exact) mass is 451 g/mol. The molecule has 3 fully saturated rings. The van der Waals surface area contributed by atoms with Gasteiger partial charge in [0.15, 0.2) is 5.69 Å². The number of amides is 3. The molecular weight excluding hydrogens is 418 g/mol. The summed E-state index contributed by atoms with van der Waals surface area (Å²) in [5.41, 5.74) is 7.63. The molecule has 2 heterocycles. The summed E-state index contributed by atoms with van der Waals surface area (Å²) < 4.78 is 1.55. The minimum absolute atomic E-state index is 0.0172. The Hall–Kier alpha value is -2.90. The van der Waals surface area contributed by atoms with E-state index in [0.29, 0.717) is 16.8 Å². The standard InChI is InChI=1S/C25H33N5O3/c1-14-6-7-17-19(9-14)29(28-22(17)23(26)32)13-21(31)30-18-10-15(18)11-20(30)24(33)27-16-5-4-8-25(2,3)12-16/h6-7,9,15-16,18,20H,4-5,8,10-13H2,1-3H3,(H2,26,32)(H,27,33)/t15-,16?,18-,20+/m1/s1. The summed E-state index contributed by atoms with van der Waals surface area (Å²) in [6.45, 7) is 6.44. The normalized spacial score (nSPS) is 27.9. The van der Waals surface area contributed by atoms with Crippen molar-refractivity contribution in [1.82, 2.24) is 20.0 Å². The molecule has 0 radical (unpaired) electrons. The summed E-state index contributed by atoms with van der Waals surface area (Å²) in [5, 5.41) is 8.24. The number of nitrogens with one attached hydrogen (secondary N) is 1. The van der Waals surface area contributed by atoms with E-state index in [9.17, 15) is 14.4 Å². The van der Waals surface area contributed by atoms with Gasteiger partial charge in [0.2, 0.25) is 11.8 Å². The third-order valence-corrected chi connectivity index (χ3v) is 7.67. The fraction of sp³-hybridized carbons (Fsp3) is 0.600. The van der Waals surface area contributed by atoms with Crippen LogP contribution in [0.5, 0.6) is 0 Å². The molecule has 1 saturated heterocycles. The Labute approximate surface area is 193 Å². The summed E-state index contributed by atoms with van der Waals surface area (Å²) in [4.78, 5) is 40.3. The maximum absolute atomic E-state index is 13.4. The van der Waals surface area contributed by atoms with Crippen LogP contribution >= 0.6 is 0 Å². The van der Waals surface area contributed by atoms with Gasteiger partial charge in [0, 0.05) is 17.5 Å². The van der Waals surface area contributed by atoms with Crippen molar-refractivity contribution in [2.75, 3.05) is 0 Å². The molecule has 3 N–H and O–H groups in total. The Morgan fingerprint density at radius 1 is 1.24 bits per heavy atom. The minimum atomic E-state index is -0.619. The van der Waals surface area contributed by atoms with Crippen LogP contribution in [0.1, 0.15) is 68.4 Å². The maximum atomic E-state index is 13.4. The number of hydrogen-bond acceptors (Lipinski definition) is 4. The van der Waals surface area contributed by atoms with E-state index in [1.165, 1.54) is 6.42 Å². The zero-order valence-electron chi connectivity index (χ0n) is 19.6. The molecule has 4 atom stereocenters. The van der Waals surface area contributed by atoms with Crippen LogP contribution in [0.15, 0.2) is 18.2 Å². The highest BCUT2D eigenvalue weighted by Crippen LogP contribution is 2.48. The highest BCUT2D eigenvalue weighted by molar-refractivity contribution is 6.04. The van der Waals surface area contributed by atoms with E-state index in [1.807, 2.05) is 25.1 Å². The molecule has 2 aromatic rings. The van der Waals surface area contributed by atoms with Gasteiger partial charge in [0.05, 0.1) is 5.52 Å². The first-order valence-corrected chi connectivity index (χ1v) is 12.0. The second-order valence-electron chi connectivity index (χ2n) is 11.0. The van der Waals surface area contributed by atoms with Gasteiger partial charge in [0.1, 0.15) is 12.6 Å². The number of aromatic nitrogens is 2. The van der Waals surface area contributed by atoms with Gasteiger partial charge in [-0.1, -0.05) is 32.4 Å². The number of fused-ring (bicyclic) bond motifs is 2. The van der Waals surface area contributed by atoms with Gasteiger partial charge in [-0.05, 0) is 62.0 Å². The van der Waals surface area contributed by atoms with Crippen molar-refractivity contribution in [2.24, 2.45) is 17.1 Å². The molecule has 33 heavy (non-hydrogen) atoms. The van der Waals surface area contributed by atoms with Crippen molar-refractivity contribution in [3.8, 4) is 0 Å². The molecule has 1 aromatic carbocycles. The van der Waals surface area contributed by atoms with Crippen LogP contribution < -0.4 is 11.1 Å². The molecular formula is C25H33N5O3. The summed E-state index contributed by atoms with van der Waals surface area (Å²) in [7, 11) is 0. The number of carbonyl (C=O) groups is 3. The van der Waals surface area contributed by atoms with Crippen LogP contribution in [0.25, 0.3) is 10.9 Å². The number of hydrogen-bond donors (Lipinski definition) is 2. The first kappa shape index (κ1) is 21.9. The Morgan fingerprint density at radius 2 is 2.03 bits per heavy atom. The lowest BCUT2D eigenvalue weighted by atomic mass is 9.75. The Balaban J connectivity index is 1.34. The van der Waals surface area contributed by atoms with Crippen molar-refractivity contribution < 1.29 is 14.4 Å². The number of primary amides is 1. The van der Waals surface area contributed by atoms with Gasteiger partial charge in [-0.25, -0.2) is 0 Å². The summed E-state index contributed by atoms with van der Waals surface area (Å²) in [6, 6.07) is 5.49. The summed E-state index contributed by atoms with van der Waals surface area (Å²) in [6.07, 6.45) is 5.95. The van der Waals surface area contributed by atoms with Crippen molar-refractivity contribution in [3.05, 3.63) is 29.5 Å². The van der Waals surface area contributed by atoms with Crippen LogP contribution in [-0.2, 0) is 16.1 Å². The van der Waals surface area contributed by atoms with E-state index in [2.05, 4.69) is 24.3 Å². The topological polar surface area (TPSA) is 110 Å². The van der Waals surface area contributed by atoms with Crippen LogP contribution in [0, 0.1) is 18.3 Å². The van der Waals surface area contributed by atoms with Gasteiger partial charge in [-0.3, -0.25) is 19.1 Å². The SMILES string of the molecule is Cc1ccc2c(C(N)=O)nn(CC(=O)N3[C@@H]4C[C@@H]4C[C@H]3C(=O)NC3CCCC(C)(C)C3)c2c1. The highest BCUT2D eigenvalue weighted by Gasteiger charge is 2.56. The molecule has 3 amide bonds. The van der Waals surface area contributed by atoms with Crippen LogP contribution in [0.3, 0.4) is 0 Å². The second-order valence-corrected chi connectivity index (χ2v) is 11.0. The summed E-state index contributed by atoms with van der Waals surface area (Å²) in [5.74, 6) is -0.375. The van der Waals surface area contributed by atoms with Gasteiger partial charge in [-0.15, -0.1) is 0 Å². The van der Waals surface area contributed by atoms with Crippen LogP contribution in [0.2, 0.25) is 0 Å².